The average molecular weight is 655 g/mol. The van der Waals surface area contributed by atoms with Crippen LogP contribution in [0.25, 0.3) is 6.08 Å². The molecule has 2 aliphatic rings. The van der Waals surface area contributed by atoms with E-state index in [2.05, 4.69) is 4.98 Å². The monoisotopic (exact) mass is 654 g/mol. The summed E-state index contributed by atoms with van der Waals surface area (Å²) < 4.78 is 23.1. The van der Waals surface area contributed by atoms with Crippen LogP contribution < -0.4 is 0 Å². The molecule has 0 aromatic carbocycles. The molecule has 0 aliphatic carbocycles. The van der Waals surface area contributed by atoms with Crippen molar-refractivity contribution in [2.24, 2.45) is 17.8 Å². The lowest BCUT2D eigenvalue weighted by atomic mass is 9.85. The molecule has 0 bridgehead atoms. The number of amides is 1. The number of aryl methyl sites for hydroxylation is 1. The van der Waals surface area contributed by atoms with E-state index in [0.717, 1.165) is 16.8 Å². The van der Waals surface area contributed by atoms with Crippen molar-refractivity contribution in [2.45, 2.75) is 103 Å². The second kappa shape index (κ2) is 17.2. The minimum Gasteiger partial charge on any atom is -0.459 e. The van der Waals surface area contributed by atoms with Crippen LogP contribution in [0.2, 0.25) is 0 Å². The summed E-state index contributed by atoms with van der Waals surface area (Å²) in [5.41, 5.74) is 1.80. The summed E-state index contributed by atoms with van der Waals surface area (Å²) in [6.07, 6.45) is 14.4. The first-order valence-corrected chi connectivity index (χ1v) is 16.4. The Hall–Kier alpha value is -3.31. The van der Waals surface area contributed by atoms with E-state index in [0.29, 0.717) is 18.7 Å². The fourth-order valence-corrected chi connectivity index (χ4v) is 5.94. The van der Waals surface area contributed by atoms with Crippen molar-refractivity contribution in [1.82, 2.24) is 9.88 Å². The number of oxazole rings is 1. The number of hydrogen-bond acceptors (Lipinski definition) is 9. The third-order valence-electron chi connectivity index (χ3n) is 9.23. The first kappa shape index (κ1) is 38.1. The molecule has 2 aliphatic heterocycles. The van der Waals surface area contributed by atoms with Crippen LogP contribution in [0.4, 0.5) is 0 Å². The van der Waals surface area contributed by atoms with Crippen LogP contribution in [0.5, 0.6) is 0 Å². The van der Waals surface area contributed by atoms with E-state index in [1.165, 1.54) is 11.0 Å². The number of ether oxygens (including phenoxy) is 3. The molecule has 3 rings (SSSR count). The topological polar surface area (TPSA) is 135 Å². The molecule has 1 amide bonds. The number of esters is 1. The Morgan fingerprint density at radius 1 is 1.23 bits per heavy atom. The summed E-state index contributed by atoms with van der Waals surface area (Å²) in [6, 6.07) is 0. The molecule has 10 heteroatoms. The zero-order chi connectivity index (χ0) is 34.9. The quantitative estimate of drug-likeness (QED) is 0.156. The van der Waals surface area contributed by atoms with Crippen LogP contribution in [0.3, 0.4) is 0 Å². The molecule has 0 saturated carbocycles. The SMILES string of the molecule is CO[C@H](/C(C)=C/C=C/C(C)=C/c1coc(C)n1)C(C)[C@H]1C[C@@H](O)[C@]2(C)O[C@H]2/C=C/[C@H](C)[C@@H](O)C[C@@H](CC(=O)N(C)C)C/C=C/C(=O)O1. The molecule has 0 radical (unpaired) electrons. The van der Waals surface area contributed by atoms with E-state index in [1.54, 1.807) is 40.5 Å². The third kappa shape index (κ3) is 11.1. The number of carbonyl (C=O) groups excluding carboxylic acids is 2. The molecule has 47 heavy (non-hydrogen) atoms. The first-order valence-electron chi connectivity index (χ1n) is 16.4. The predicted molar refractivity (Wildman–Crippen MR) is 181 cm³/mol. The van der Waals surface area contributed by atoms with Gasteiger partial charge in [-0.1, -0.05) is 50.3 Å². The molecular formula is C37H54N2O8. The molecule has 9 atom stereocenters. The molecule has 2 N–H and O–H groups in total. The van der Waals surface area contributed by atoms with Crippen molar-refractivity contribution >= 4 is 18.0 Å². The highest BCUT2D eigenvalue weighted by atomic mass is 16.6. The van der Waals surface area contributed by atoms with Gasteiger partial charge in [0.15, 0.2) is 5.89 Å². The van der Waals surface area contributed by atoms with Crippen molar-refractivity contribution < 1.29 is 38.4 Å². The van der Waals surface area contributed by atoms with E-state index in [4.69, 9.17) is 18.6 Å². The number of fused-ring (bicyclic) bond motifs is 1. The van der Waals surface area contributed by atoms with Crippen molar-refractivity contribution in [1.29, 1.82) is 0 Å². The van der Waals surface area contributed by atoms with Crippen molar-refractivity contribution in [3.8, 4) is 0 Å². The van der Waals surface area contributed by atoms with Gasteiger partial charge in [0.05, 0.1) is 18.3 Å². The Morgan fingerprint density at radius 2 is 1.96 bits per heavy atom. The Labute approximate surface area is 279 Å². The molecule has 0 spiro atoms. The number of allylic oxidation sites excluding steroid dienone is 5. The predicted octanol–water partition coefficient (Wildman–Crippen LogP) is 5.36. The van der Waals surface area contributed by atoms with Gasteiger partial charge in [0.1, 0.15) is 29.8 Å². The van der Waals surface area contributed by atoms with Crippen LogP contribution in [-0.4, -0.2) is 89.3 Å². The third-order valence-corrected chi connectivity index (χ3v) is 9.23. The molecule has 1 saturated heterocycles. The molecule has 10 nitrogen and oxygen atoms in total. The lowest BCUT2D eigenvalue weighted by molar-refractivity contribution is -0.150. The number of aliphatic hydroxyl groups excluding tert-OH is 2. The Morgan fingerprint density at radius 3 is 2.60 bits per heavy atom. The maximum absolute atomic E-state index is 13.2. The number of nitrogens with zero attached hydrogens (tertiary/aromatic N) is 2. The minimum absolute atomic E-state index is 0.0408. The molecule has 1 fully saturated rings. The number of aromatic nitrogens is 1. The van der Waals surface area contributed by atoms with Gasteiger partial charge >= 0.3 is 5.97 Å². The zero-order valence-corrected chi connectivity index (χ0v) is 29.4. The highest BCUT2D eigenvalue weighted by molar-refractivity contribution is 5.82. The molecule has 1 aromatic heterocycles. The summed E-state index contributed by atoms with van der Waals surface area (Å²) in [5, 5.41) is 22.3. The minimum atomic E-state index is -0.925. The summed E-state index contributed by atoms with van der Waals surface area (Å²) in [5.74, 6) is -0.655. The molecular weight excluding hydrogens is 600 g/mol. The standard InChI is InChI=1S/C37H54N2O8/c1-23(18-29-22-45-27(5)38-29)12-10-13-25(3)36(44-9)26(4)31-21-32(41)37(6)33(47-37)17-16-24(2)30(40)19-28(20-34(42)39(7)8)14-11-15-35(43)46-31/h10-13,15-18,22,24,26,28,30-33,36,40-41H,14,19-21H2,1-9H3/b12-10+,15-11+,17-16+,23-18+,25-13+/t24-,26?,28-,30-,31+,32+,33-,36+,37-/m0/s1. The van der Waals surface area contributed by atoms with Gasteiger partial charge in [-0.05, 0) is 56.8 Å². The number of aliphatic hydroxyl groups is 2. The lowest BCUT2D eigenvalue weighted by Gasteiger charge is -2.32. The fourth-order valence-electron chi connectivity index (χ4n) is 5.94. The van der Waals surface area contributed by atoms with Gasteiger partial charge in [-0.3, -0.25) is 4.79 Å². The van der Waals surface area contributed by atoms with Gasteiger partial charge in [0.25, 0.3) is 0 Å². The summed E-state index contributed by atoms with van der Waals surface area (Å²) in [7, 11) is 5.02. The fraction of sp³-hybridized carbons (Fsp3) is 0.595. The number of methoxy groups -OCH3 is 1. The Bertz CT molecular complexity index is 1360. The molecule has 3 heterocycles. The summed E-state index contributed by atoms with van der Waals surface area (Å²) in [6.45, 7) is 11.4. The highest BCUT2D eigenvalue weighted by Gasteiger charge is 2.57. The Kier molecular flexibility index (Phi) is 14.0. The van der Waals surface area contributed by atoms with Crippen LogP contribution in [0.1, 0.15) is 71.9 Å². The van der Waals surface area contributed by atoms with Crippen molar-refractivity contribution in [3.05, 3.63) is 71.5 Å². The normalized spacial score (nSPS) is 32.3. The van der Waals surface area contributed by atoms with Gasteiger partial charge in [-0.2, -0.15) is 0 Å². The molecule has 1 unspecified atom stereocenters. The number of cyclic esters (lactones) is 1. The summed E-state index contributed by atoms with van der Waals surface area (Å²) >= 11 is 0. The van der Waals surface area contributed by atoms with Crippen LogP contribution in [-0.2, 0) is 23.8 Å². The maximum atomic E-state index is 13.2. The zero-order valence-electron chi connectivity index (χ0n) is 29.4. The largest absolute Gasteiger partial charge is 0.459 e. The van der Waals surface area contributed by atoms with E-state index in [9.17, 15) is 19.8 Å². The first-order chi connectivity index (χ1) is 22.1. The van der Waals surface area contributed by atoms with Crippen LogP contribution in [0.15, 0.2) is 64.4 Å². The highest BCUT2D eigenvalue weighted by Crippen LogP contribution is 2.43. The van der Waals surface area contributed by atoms with Crippen molar-refractivity contribution in [3.63, 3.8) is 0 Å². The van der Waals surface area contributed by atoms with Gasteiger partial charge in [-0.15, -0.1) is 0 Å². The van der Waals surface area contributed by atoms with Crippen LogP contribution in [0, 0.1) is 24.7 Å². The number of carbonyl (C=O) groups is 2. The second-order valence-electron chi connectivity index (χ2n) is 13.5. The number of rotatable bonds is 9. The number of epoxide rings is 1. The van der Waals surface area contributed by atoms with Gasteiger partial charge in [0, 0.05) is 58.9 Å². The second-order valence-corrected chi connectivity index (χ2v) is 13.5. The van der Waals surface area contributed by atoms with Gasteiger partial charge < -0.3 is 33.7 Å². The Balaban J connectivity index is 1.83. The average Bonchev–Trinajstić information content (AvgIpc) is 3.51. The maximum Gasteiger partial charge on any atom is 0.330 e. The molecule has 1 aromatic rings. The summed E-state index contributed by atoms with van der Waals surface area (Å²) in [4.78, 5) is 31.5. The van der Waals surface area contributed by atoms with Gasteiger partial charge in [0.2, 0.25) is 5.91 Å². The van der Waals surface area contributed by atoms with E-state index >= 15 is 0 Å². The van der Waals surface area contributed by atoms with Gasteiger partial charge in [-0.25, -0.2) is 9.78 Å². The lowest BCUT2D eigenvalue weighted by Crippen LogP contribution is -2.41. The number of hydrogen-bond donors (Lipinski definition) is 2. The smallest absolute Gasteiger partial charge is 0.330 e. The van der Waals surface area contributed by atoms with Crippen molar-refractivity contribution in [2.75, 3.05) is 21.2 Å². The van der Waals surface area contributed by atoms with Crippen LogP contribution >= 0.6 is 0 Å². The van der Waals surface area contributed by atoms with E-state index < -0.39 is 36.0 Å². The van der Waals surface area contributed by atoms with E-state index in [1.807, 2.05) is 71.1 Å². The molecule has 260 valence electrons. The van der Waals surface area contributed by atoms with E-state index in [-0.39, 0.29) is 42.6 Å².